The van der Waals surface area contributed by atoms with Crippen molar-refractivity contribution in [1.82, 2.24) is 0 Å². The Hall–Kier alpha value is -4.62. The molecule has 7 rings (SSSR count). The molecule has 0 unspecified atom stereocenters. The highest BCUT2D eigenvalue weighted by molar-refractivity contribution is 6.09. The highest BCUT2D eigenvalue weighted by atomic mass is 14.9. The number of fused-ring (bicyclic) bond motifs is 6. The van der Waals surface area contributed by atoms with Crippen LogP contribution in [0.3, 0.4) is 0 Å². The maximum absolute atomic E-state index is 3.59. The Kier molecular flexibility index (Phi) is 4.53. The second-order valence-electron chi connectivity index (χ2n) is 9.15. The fraction of sp³-hybridized carbons (Fsp3) is 0. The Morgan fingerprint density at radius 3 is 1.57 bits per heavy atom. The topological polar surface area (TPSA) is 12.0 Å². The Morgan fingerprint density at radius 2 is 0.829 bits per heavy atom. The van der Waals surface area contributed by atoms with E-state index in [4.69, 9.17) is 0 Å². The van der Waals surface area contributed by atoms with E-state index in [1.165, 1.54) is 54.2 Å². The van der Waals surface area contributed by atoms with Gasteiger partial charge < -0.3 is 5.32 Å². The van der Waals surface area contributed by atoms with Gasteiger partial charge in [0.25, 0.3) is 0 Å². The lowest BCUT2D eigenvalue weighted by atomic mass is 9.97. The van der Waals surface area contributed by atoms with Crippen LogP contribution in [0, 0.1) is 0 Å². The molecule has 0 radical (unpaired) electrons. The third kappa shape index (κ3) is 3.50. The first-order valence-electron chi connectivity index (χ1n) is 12.0. The van der Waals surface area contributed by atoms with Crippen molar-refractivity contribution in [3.8, 4) is 11.1 Å². The second-order valence-corrected chi connectivity index (χ2v) is 9.15. The van der Waals surface area contributed by atoms with Crippen LogP contribution in [0.4, 0.5) is 11.4 Å². The van der Waals surface area contributed by atoms with Gasteiger partial charge in [-0.15, -0.1) is 0 Å². The van der Waals surface area contributed by atoms with Gasteiger partial charge in [0.05, 0.1) is 0 Å². The van der Waals surface area contributed by atoms with E-state index in [1.807, 2.05) is 0 Å². The summed E-state index contributed by atoms with van der Waals surface area (Å²) < 4.78 is 0. The zero-order chi connectivity index (χ0) is 23.2. The van der Waals surface area contributed by atoms with E-state index in [1.54, 1.807) is 0 Å². The molecule has 0 saturated carbocycles. The van der Waals surface area contributed by atoms with Crippen LogP contribution in [0.1, 0.15) is 0 Å². The van der Waals surface area contributed by atoms with Crippen molar-refractivity contribution < 1.29 is 0 Å². The largest absolute Gasteiger partial charge is 0.356 e. The summed E-state index contributed by atoms with van der Waals surface area (Å²) in [7, 11) is 0. The molecule has 7 aromatic rings. The molecule has 0 atom stereocenters. The molecule has 0 aliphatic carbocycles. The molecule has 35 heavy (non-hydrogen) atoms. The molecule has 0 aromatic heterocycles. The lowest BCUT2D eigenvalue weighted by Gasteiger charge is -2.11. The van der Waals surface area contributed by atoms with Gasteiger partial charge in [0.2, 0.25) is 0 Å². The van der Waals surface area contributed by atoms with E-state index < -0.39 is 0 Å². The average Bonchev–Trinajstić information content (AvgIpc) is 2.93. The quantitative estimate of drug-likeness (QED) is 0.267. The third-order valence-electron chi connectivity index (χ3n) is 7.00. The van der Waals surface area contributed by atoms with Gasteiger partial charge in [0.15, 0.2) is 0 Å². The van der Waals surface area contributed by atoms with E-state index in [0.717, 1.165) is 11.4 Å². The first-order chi connectivity index (χ1) is 17.3. The van der Waals surface area contributed by atoms with Gasteiger partial charge in [-0.1, -0.05) is 103 Å². The van der Waals surface area contributed by atoms with Crippen LogP contribution in [0.5, 0.6) is 0 Å². The Balaban J connectivity index is 1.20. The van der Waals surface area contributed by atoms with Gasteiger partial charge in [0, 0.05) is 11.4 Å². The van der Waals surface area contributed by atoms with Crippen LogP contribution in [0.25, 0.3) is 54.2 Å². The van der Waals surface area contributed by atoms with Crippen LogP contribution in [0.15, 0.2) is 133 Å². The van der Waals surface area contributed by atoms with Crippen molar-refractivity contribution >= 4 is 54.5 Å². The lowest BCUT2D eigenvalue weighted by Crippen LogP contribution is -1.90. The number of rotatable bonds is 3. The van der Waals surface area contributed by atoms with Gasteiger partial charge in [-0.2, -0.15) is 0 Å². The number of nitrogens with one attached hydrogen (secondary N) is 1. The van der Waals surface area contributed by atoms with Gasteiger partial charge in [0.1, 0.15) is 0 Å². The minimum Gasteiger partial charge on any atom is -0.356 e. The molecule has 0 aliphatic rings. The van der Waals surface area contributed by atoms with Crippen LogP contribution in [-0.2, 0) is 0 Å². The van der Waals surface area contributed by atoms with Crippen molar-refractivity contribution in [2.45, 2.75) is 0 Å². The molecular weight excluding hydrogens is 422 g/mol. The number of hydrogen-bond donors (Lipinski definition) is 1. The fourth-order valence-electron chi connectivity index (χ4n) is 5.19. The van der Waals surface area contributed by atoms with Gasteiger partial charge in [-0.3, -0.25) is 0 Å². The zero-order valence-electron chi connectivity index (χ0n) is 19.2. The monoisotopic (exact) mass is 445 g/mol. The minimum absolute atomic E-state index is 1.08. The average molecular weight is 446 g/mol. The minimum atomic E-state index is 1.08. The number of anilines is 2. The molecule has 0 heterocycles. The molecule has 1 N–H and O–H groups in total. The number of benzene rings is 7. The molecule has 0 spiro atoms. The van der Waals surface area contributed by atoms with Crippen molar-refractivity contribution in [3.05, 3.63) is 133 Å². The Labute approximate surface area is 204 Å². The molecule has 1 heteroatoms. The van der Waals surface area contributed by atoms with Crippen LogP contribution in [-0.4, -0.2) is 0 Å². The zero-order valence-corrected chi connectivity index (χ0v) is 19.2. The molecule has 0 bridgehead atoms. The van der Waals surface area contributed by atoms with E-state index >= 15 is 0 Å². The Bertz CT molecular complexity index is 1860. The van der Waals surface area contributed by atoms with E-state index in [0.29, 0.717) is 0 Å². The standard InChI is InChI=1S/C34H23N/c1-3-7-31-24(5-1)11-12-28-21-27(16-20-33(28)31)23-13-17-29(18-14-23)35-30-19-15-26-10-9-25-6-2-4-8-32(25)34(26)22-30/h1-22,35H. The van der Waals surface area contributed by atoms with Crippen molar-refractivity contribution in [3.63, 3.8) is 0 Å². The molecule has 1 nitrogen and oxygen atoms in total. The maximum atomic E-state index is 3.59. The normalized spacial score (nSPS) is 11.4. The predicted octanol–water partition coefficient (Wildman–Crippen LogP) is 9.71. The summed E-state index contributed by atoms with van der Waals surface area (Å²) in [4.78, 5) is 0. The lowest BCUT2D eigenvalue weighted by molar-refractivity contribution is 1.56. The summed E-state index contributed by atoms with van der Waals surface area (Å²) in [6.07, 6.45) is 0. The van der Waals surface area contributed by atoms with Crippen LogP contribution in [0.2, 0.25) is 0 Å². The molecule has 0 amide bonds. The Morgan fingerprint density at radius 1 is 0.314 bits per heavy atom. The smallest absolute Gasteiger partial charge is 0.0390 e. The first-order valence-corrected chi connectivity index (χ1v) is 12.0. The summed E-state index contributed by atoms with van der Waals surface area (Å²) in [5.41, 5.74) is 4.63. The van der Waals surface area contributed by atoms with Crippen molar-refractivity contribution in [2.24, 2.45) is 0 Å². The summed E-state index contributed by atoms with van der Waals surface area (Å²) in [6.45, 7) is 0. The SMILES string of the molecule is c1ccc2c(c1)ccc1cc(-c3ccc(Nc4ccc5ccc6ccccc6c5c4)cc3)ccc12. The molecule has 0 fully saturated rings. The summed E-state index contributed by atoms with van der Waals surface area (Å²) in [6, 6.07) is 48.0. The number of hydrogen-bond acceptors (Lipinski definition) is 1. The first kappa shape index (κ1) is 19.8. The summed E-state index contributed by atoms with van der Waals surface area (Å²) >= 11 is 0. The van der Waals surface area contributed by atoms with Crippen LogP contribution >= 0.6 is 0 Å². The predicted molar refractivity (Wildman–Crippen MR) is 152 cm³/mol. The van der Waals surface area contributed by atoms with Crippen LogP contribution < -0.4 is 5.32 Å². The van der Waals surface area contributed by atoms with Crippen molar-refractivity contribution in [1.29, 1.82) is 0 Å². The highest BCUT2D eigenvalue weighted by Crippen LogP contribution is 2.32. The summed E-state index contributed by atoms with van der Waals surface area (Å²) in [5, 5.41) is 13.8. The van der Waals surface area contributed by atoms with Gasteiger partial charge >= 0.3 is 0 Å². The molecular formula is C34H23N. The molecule has 0 saturated heterocycles. The van der Waals surface area contributed by atoms with Gasteiger partial charge in [-0.25, -0.2) is 0 Å². The second kappa shape index (κ2) is 8.00. The van der Waals surface area contributed by atoms with E-state index in [9.17, 15) is 0 Å². The van der Waals surface area contributed by atoms with Crippen molar-refractivity contribution in [2.75, 3.05) is 5.32 Å². The fourth-order valence-corrected chi connectivity index (χ4v) is 5.19. The van der Waals surface area contributed by atoms with E-state index in [-0.39, 0.29) is 0 Å². The van der Waals surface area contributed by atoms with Gasteiger partial charge in [-0.05, 0) is 84.5 Å². The maximum Gasteiger partial charge on any atom is 0.0390 e. The highest BCUT2D eigenvalue weighted by Gasteiger charge is 2.05. The molecule has 164 valence electrons. The third-order valence-corrected chi connectivity index (χ3v) is 7.00. The van der Waals surface area contributed by atoms with E-state index in [2.05, 4.69) is 139 Å². The molecule has 7 aromatic carbocycles. The summed E-state index contributed by atoms with van der Waals surface area (Å²) in [5.74, 6) is 0. The molecule has 0 aliphatic heterocycles.